The summed E-state index contributed by atoms with van der Waals surface area (Å²) in [5.41, 5.74) is 1.47. The molecule has 0 unspecified atom stereocenters. The van der Waals surface area contributed by atoms with Crippen LogP contribution in [0, 0.1) is 0 Å². The quantitative estimate of drug-likeness (QED) is 0.625. The molecule has 80 valence electrons. The SMILES string of the molecule is Cn1cnnc1Sc1ncnc2ccoc12. The smallest absolute Gasteiger partial charge is 0.197 e. The summed E-state index contributed by atoms with van der Waals surface area (Å²) in [6.07, 6.45) is 4.75. The average Bonchev–Trinajstić information content (AvgIpc) is 2.89. The number of rotatable bonds is 2. The van der Waals surface area contributed by atoms with Crippen molar-refractivity contribution in [2.45, 2.75) is 10.2 Å². The van der Waals surface area contributed by atoms with Gasteiger partial charge in [0.15, 0.2) is 15.8 Å². The number of nitrogens with zero attached hydrogens (tertiary/aromatic N) is 5. The summed E-state index contributed by atoms with van der Waals surface area (Å²) in [7, 11) is 1.88. The Morgan fingerprint density at radius 2 is 2.31 bits per heavy atom. The Hall–Kier alpha value is -1.89. The zero-order chi connectivity index (χ0) is 11.0. The molecule has 0 atom stereocenters. The molecule has 0 fully saturated rings. The molecule has 0 bridgehead atoms. The van der Waals surface area contributed by atoms with Gasteiger partial charge in [0.05, 0.1) is 6.26 Å². The third-order valence-electron chi connectivity index (χ3n) is 2.07. The topological polar surface area (TPSA) is 69.6 Å². The molecule has 3 heterocycles. The maximum absolute atomic E-state index is 5.33. The van der Waals surface area contributed by atoms with E-state index in [0.717, 1.165) is 15.7 Å². The highest BCUT2D eigenvalue weighted by Gasteiger charge is 2.11. The van der Waals surface area contributed by atoms with E-state index in [0.29, 0.717) is 5.58 Å². The Kier molecular flexibility index (Phi) is 2.10. The standard InChI is InChI=1S/C9H7N5OS/c1-14-5-12-13-9(14)16-8-7-6(2-3-15-7)10-4-11-8/h2-5H,1H3. The fourth-order valence-corrected chi connectivity index (χ4v) is 2.09. The van der Waals surface area contributed by atoms with Crippen molar-refractivity contribution in [1.29, 1.82) is 0 Å². The predicted molar refractivity (Wildman–Crippen MR) is 56.9 cm³/mol. The molecular formula is C9H7N5OS. The van der Waals surface area contributed by atoms with Crippen LogP contribution in [0.15, 0.2) is 39.6 Å². The van der Waals surface area contributed by atoms with Crippen molar-refractivity contribution in [2.75, 3.05) is 0 Å². The van der Waals surface area contributed by atoms with Gasteiger partial charge >= 0.3 is 0 Å². The second kappa shape index (κ2) is 3.60. The van der Waals surface area contributed by atoms with E-state index in [-0.39, 0.29) is 0 Å². The molecule has 0 N–H and O–H groups in total. The minimum absolute atomic E-state index is 0.676. The van der Waals surface area contributed by atoms with E-state index in [1.807, 2.05) is 11.6 Å². The van der Waals surface area contributed by atoms with Gasteiger partial charge in [-0.25, -0.2) is 9.97 Å². The minimum atomic E-state index is 0.676. The molecule has 0 aliphatic rings. The van der Waals surface area contributed by atoms with Gasteiger partial charge in [0.25, 0.3) is 0 Å². The van der Waals surface area contributed by atoms with Crippen molar-refractivity contribution in [1.82, 2.24) is 24.7 Å². The number of hydrogen-bond donors (Lipinski definition) is 0. The van der Waals surface area contributed by atoms with Crippen molar-refractivity contribution in [3.63, 3.8) is 0 Å². The number of hydrogen-bond acceptors (Lipinski definition) is 6. The zero-order valence-electron chi connectivity index (χ0n) is 8.36. The lowest BCUT2D eigenvalue weighted by molar-refractivity contribution is 0.603. The van der Waals surface area contributed by atoms with Crippen LogP contribution in [0.4, 0.5) is 0 Å². The third kappa shape index (κ3) is 1.45. The fraction of sp³-hybridized carbons (Fsp3) is 0.111. The molecule has 7 heteroatoms. The van der Waals surface area contributed by atoms with Crippen LogP contribution in [-0.4, -0.2) is 24.7 Å². The second-order valence-electron chi connectivity index (χ2n) is 3.14. The first kappa shape index (κ1) is 9.34. The Labute approximate surface area is 94.7 Å². The second-order valence-corrected chi connectivity index (χ2v) is 4.10. The summed E-state index contributed by atoms with van der Waals surface area (Å²) in [6, 6.07) is 1.80. The maximum Gasteiger partial charge on any atom is 0.197 e. The summed E-state index contributed by atoms with van der Waals surface area (Å²) in [5, 5.41) is 9.28. The molecule has 6 nitrogen and oxygen atoms in total. The first-order valence-corrected chi connectivity index (χ1v) is 5.36. The van der Waals surface area contributed by atoms with Gasteiger partial charge in [-0.2, -0.15) is 0 Å². The van der Waals surface area contributed by atoms with Gasteiger partial charge in [0.2, 0.25) is 0 Å². The zero-order valence-corrected chi connectivity index (χ0v) is 9.18. The normalized spacial score (nSPS) is 11.1. The Morgan fingerprint density at radius 3 is 3.12 bits per heavy atom. The van der Waals surface area contributed by atoms with E-state index >= 15 is 0 Å². The third-order valence-corrected chi connectivity index (χ3v) is 3.10. The van der Waals surface area contributed by atoms with Crippen LogP contribution in [0.3, 0.4) is 0 Å². The predicted octanol–water partition coefficient (Wildman–Crippen LogP) is 1.50. The number of aryl methyl sites for hydroxylation is 1. The van der Waals surface area contributed by atoms with E-state index in [2.05, 4.69) is 20.2 Å². The van der Waals surface area contributed by atoms with Crippen molar-refractivity contribution in [3.05, 3.63) is 25.0 Å². The van der Waals surface area contributed by atoms with E-state index in [9.17, 15) is 0 Å². The van der Waals surface area contributed by atoms with Gasteiger partial charge in [-0.1, -0.05) is 0 Å². The van der Waals surface area contributed by atoms with E-state index in [4.69, 9.17) is 4.42 Å². The van der Waals surface area contributed by atoms with Gasteiger partial charge in [0.1, 0.15) is 18.2 Å². The van der Waals surface area contributed by atoms with Gasteiger partial charge in [0, 0.05) is 13.1 Å². The summed E-state index contributed by atoms with van der Waals surface area (Å²) in [5.74, 6) is 0. The van der Waals surface area contributed by atoms with Crippen LogP contribution in [0.5, 0.6) is 0 Å². The number of fused-ring (bicyclic) bond motifs is 1. The lowest BCUT2D eigenvalue weighted by Gasteiger charge is -1.99. The monoisotopic (exact) mass is 233 g/mol. The van der Waals surface area contributed by atoms with Crippen LogP contribution >= 0.6 is 11.8 Å². The molecule has 0 aliphatic carbocycles. The molecule has 0 aromatic carbocycles. The lowest BCUT2D eigenvalue weighted by Crippen LogP contribution is -1.90. The summed E-state index contributed by atoms with van der Waals surface area (Å²) < 4.78 is 7.16. The molecule has 0 saturated heterocycles. The van der Waals surface area contributed by atoms with Gasteiger partial charge in [-0.05, 0) is 11.8 Å². The largest absolute Gasteiger partial charge is 0.460 e. The Morgan fingerprint density at radius 1 is 1.38 bits per heavy atom. The van der Waals surface area contributed by atoms with Gasteiger partial charge in [-0.3, -0.25) is 0 Å². The molecule has 3 aromatic rings. The molecule has 0 saturated carbocycles. The van der Waals surface area contributed by atoms with Crippen LogP contribution in [0.1, 0.15) is 0 Å². The molecule has 16 heavy (non-hydrogen) atoms. The minimum Gasteiger partial charge on any atom is -0.460 e. The Balaban J connectivity index is 2.07. The number of furan rings is 1. The van der Waals surface area contributed by atoms with Gasteiger partial charge < -0.3 is 8.98 Å². The Bertz CT molecular complexity index is 631. The fourth-order valence-electron chi connectivity index (χ4n) is 1.29. The van der Waals surface area contributed by atoms with Gasteiger partial charge in [-0.15, -0.1) is 10.2 Å². The first-order valence-electron chi connectivity index (χ1n) is 4.54. The molecule has 0 aliphatic heterocycles. The molecule has 0 radical (unpaired) electrons. The van der Waals surface area contributed by atoms with Crippen molar-refractivity contribution in [3.8, 4) is 0 Å². The van der Waals surface area contributed by atoms with E-state index in [1.165, 1.54) is 18.1 Å². The van der Waals surface area contributed by atoms with Crippen molar-refractivity contribution < 1.29 is 4.42 Å². The molecule has 3 aromatic heterocycles. The first-order chi connectivity index (χ1) is 7.84. The van der Waals surface area contributed by atoms with Crippen LogP contribution in [0.25, 0.3) is 11.1 Å². The maximum atomic E-state index is 5.33. The molecule has 0 spiro atoms. The summed E-state index contributed by atoms with van der Waals surface area (Å²) >= 11 is 1.40. The van der Waals surface area contributed by atoms with E-state index in [1.54, 1.807) is 18.7 Å². The average molecular weight is 233 g/mol. The van der Waals surface area contributed by atoms with Crippen LogP contribution in [-0.2, 0) is 7.05 Å². The van der Waals surface area contributed by atoms with Crippen LogP contribution in [0.2, 0.25) is 0 Å². The lowest BCUT2D eigenvalue weighted by atomic mass is 10.5. The number of aromatic nitrogens is 5. The summed E-state index contributed by atoms with van der Waals surface area (Å²) in [6.45, 7) is 0. The molecular weight excluding hydrogens is 226 g/mol. The summed E-state index contributed by atoms with van der Waals surface area (Å²) in [4.78, 5) is 8.26. The molecule has 0 amide bonds. The highest BCUT2D eigenvalue weighted by Crippen LogP contribution is 2.29. The highest BCUT2D eigenvalue weighted by atomic mass is 32.2. The van der Waals surface area contributed by atoms with Crippen molar-refractivity contribution >= 4 is 22.9 Å². The van der Waals surface area contributed by atoms with E-state index < -0.39 is 0 Å². The van der Waals surface area contributed by atoms with Crippen LogP contribution < -0.4 is 0 Å². The van der Waals surface area contributed by atoms with Crippen molar-refractivity contribution in [2.24, 2.45) is 7.05 Å². The highest BCUT2D eigenvalue weighted by molar-refractivity contribution is 7.99. The molecule has 3 rings (SSSR count).